The maximum atomic E-state index is 12.9. The average molecular weight is 1170 g/mol. The first kappa shape index (κ1) is 76.8. The summed E-state index contributed by atoms with van der Waals surface area (Å²) in [6.07, 6.45) is 50.6. The van der Waals surface area contributed by atoms with Gasteiger partial charge < -0.3 is 34.2 Å². The van der Waals surface area contributed by atoms with Crippen LogP contribution in [0, 0.1) is 0 Å². The number of carbonyl (C=O) groups excluding carboxylic acids is 3. The van der Waals surface area contributed by atoms with Crippen LogP contribution >= 0.6 is 15.6 Å². The van der Waals surface area contributed by atoms with Crippen LogP contribution < -0.4 is 0 Å². The number of carbonyl (C=O) groups is 3. The van der Waals surface area contributed by atoms with E-state index in [4.69, 9.17) is 32.3 Å². The Balaban J connectivity index is 4.68. The van der Waals surface area contributed by atoms with Gasteiger partial charge in [-0.1, -0.05) is 218 Å². The van der Waals surface area contributed by atoms with Gasteiger partial charge >= 0.3 is 33.6 Å². The van der Waals surface area contributed by atoms with Crippen molar-refractivity contribution in [3.05, 3.63) is 36.5 Å². The lowest BCUT2D eigenvalue weighted by Gasteiger charge is -2.21. The molecule has 5 atom stereocenters. The predicted molar refractivity (Wildman–Crippen MR) is 316 cm³/mol. The second-order valence-electron chi connectivity index (χ2n) is 21.2. The Bertz CT molecular complexity index is 1610. The van der Waals surface area contributed by atoms with Crippen molar-refractivity contribution in [2.45, 2.75) is 296 Å². The lowest BCUT2D eigenvalue weighted by molar-refractivity contribution is -0.161. The summed E-state index contributed by atoms with van der Waals surface area (Å²) in [4.78, 5) is 58.1. The quantitative estimate of drug-likeness (QED) is 0.0146. The van der Waals surface area contributed by atoms with Gasteiger partial charge in [0.05, 0.1) is 26.4 Å². The fourth-order valence-electron chi connectivity index (χ4n) is 8.48. The third kappa shape index (κ3) is 57.4. The number of hydrogen-bond acceptors (Lipinski definition) is 14. The van der Waals surface area contributed by atoms with Gasteiger partial charge in [0.15, 0.2) is 6.10 Å². The van der Waals surface area contributed by atoms with Crippen molar-refractivity contribution in [2.24, 2.45) is 0 Å². The van der Waals surface area contributed by atoms with Crippen LogP contribution in [0.2, 0.25) is 0 Å². The molecule has 0 aromatic carbocycles. The van der Waals surface area contributed by atoms with Crippen LogP contribution in [0.15, 0.2) is 36.5 Å². The third-order valence-corrected chi connectivity index (χ3v) is 15.2. The SMILES string of the molecule is CCCCC/C=C\C/C=C\CCCCCCCC(=O)OCC(O)COP(=O)(O)OCC(O)COP(=O)(O)OCC(COC(=O)CCCCCCCCCCCCCCCCC)OC(=O)CCCCCCC/C=C\CCCCCC. The molecule has 0 amide bonds. The maximum Gasteiger partial charge on any atom is 0.472 e. The highest BCUT2D eigenvalue weighted by Gasteiger charge is 2.29. The van der Waals surface area contributed by atoms with Gasteiger partial charge in [-0.2, -0.15) is 0 Å². The van der Waals surface area contributed by atoms with Gasteiger partial charge in [0, 0.05) is 19.3 Å². The first-order chi connectivity index (χ1) is 38.2. The van der Waals surface area contributed by atoms with Crippen LogP contribution in [0.5, 0.6) is 0 Å². The van der Waals surface area contributed by atoms with Crippen LogP contribution in [0.3, 0.4) is 0 Å². The molecular formula is C61H114O16P2. The molecule has 0 radical (unpaired) electrons. The molecule has 0 aliphatic rings. The lowest BCUT2D eigenvalue weighted by atomic mass is 10.0. The molecule has 0 aromatic rings. The van der Waals surface area contributed by atoms with Crippen LogP contribution in [0.25, 0.3) is 0 Å². The van der Waals surface area contributed by atoms with E-state index in [1.165, 1.54) is 116 Å². The van der Waals surface area contributed by atoms with E-state index in [1.54, 1.807) is 0 Å². The summed E-state index contributed by atoms with van der Waals surface area (Å²) in [5, 5.41) is 20.4. The minimum absolute atomic E-state index is 0.0999. The lowest BCUT2D eigenvalue weighted by Crippen LogP contribution is -2.30. The summed E-state index contributed by atoms with van der Waals surface area (Å²) in [5.41, 5.74) is 0. The molecular weight excluding hydrogens is 1050 g/mol. The van der Waals surface area contributed by atoms with Gasteiger partial charge in [0.2, 0.25) is 0 Å². The first-order valence-electron chi connectivity index (χ1n) is 31.3. The Kier molecular flexibility index (Phi) is 54.7. The first-order valence-corrected chi connectivity index (χ1v) is 34.3. The van der Waals surface area contributed by atoms with E-state index >= 15 is 0 Å². The molecule has 0 aliphatic carbocycles. The molecule has 16 nitrogen and oxygen atoms in total. The van der Waals surface area contributed by atoms with Crippen LogP contribution in [0.4, 0.5) is 0 Å². The fraction of sp³-hybridized carbons (Fsp3) is 0.852. The van der Waals surface area contributed by atoms with Gasteiger partial charge in [0.25, 0.3) is 0 Å². The van der Waals surface area contributed by atoms with Gasteiger partial charge in [-0.05, 0) is 77.0 Å². The average Bonchev–Trinajstić information content (AvgIpc) is 3.42. The second-order valence-corrected chi connectivity index (χ2v) is 24.1. The largest absolute Gasteiger partial charge is 0.472 e. The zero-order chi connectivity index (χ0) is 58.2. The van der Waals surface area contributed by atoms with Crippen LogP contribution in [-0.4, -0.2) is 95.9 Å². The van der Waals surface area contributed by atoms with Crippen LogP contribution in [0.1, 0.15) is 278 Å². The van der Waals surface area contributed by atoms with Crippen molar-refractivity contribution < 1.29 is 75.8 Å². The summed E-state index contributed by atoms with van der Waals surface area (Å²) >= 11 is 0. The predicted octanol–water partition coefficient (Wildman–Crippen LogP) is 16.3. The Labute approximate surface area is 479 Å². The molecule has 0 rings (SSSR count). The number of phosphoric acid groups is 2. The molecule has 4 N–H and O–H groups in total. The number of phosphoric ester groups is 2. The molecule has 0 aliphatic heterocycles. The van der Waals surface area contributed by atoms with Gasteiger partial charge in [-0.25, -0.2) is 9.13 Å². The van der Waals surface area contributed by atoms with Gasteiger partial charge in [-0.15, -0.1) is 0 Å². The summed E-state index contributed by atoms with van der Waals surface area (Å²) < 4.78 is 60.6. The zero-order valence-electron chi connectivity index (χ0n) is 49.8. The zero-order valence-corrected chi connectivity index (χ0v) is 51.6. The van der Waals surface area contributed by atoms with E-state index in [0.717, 1.165) is 103 Å². The van der Waals surface area contributed by atoms with Gasteiger partial charge in [0.1, 0.15) is 25.4 Å². The number of hydrogen-bond donors (Lipinski definition) is 4. The molecule has 0 saturated heterocycles. The summed E-state index contributed by atoms with van der Waals surface area (Å²) in [7, 11) is -9.75. The third-order valence-electron chi connectivity index (χ3n) is 13.3. The van der Waals surface area contributed by atoms with Crippen molar-refractivity contribution in [3.63, 3.8) is 0 Å². The van der Waals surface area contributed by atoms with Crippen molar-refractivity contribution in [2.75, 3.05) is 39.6 Å². The Morgan fingerprint density at radius 2 is 0.633 bits per heavy atom. The van der Waals surface area contributed by atoms with Crippen molar-refractivity contribution in [1.29, 1.82) is 0 Å². The highest BCUT2D eigenvalue weighted by molar-refractivity contribution is 7.47. The van der Waals surface area contributed by atoms with E-state index in [-0.39, 0.29) is 19.3 Å². The highest BCUT2D eigenvalue weighted by Crippen LogP contribution is 2.45. The molecule has 0 fully saturated rings. The van der Waals surface area contributed by atoms with Gasteiger partial charge in [-0.3, -0.25) is 32.5 Å². The molecule has 0 spiro atoms. The Morgan fingerprint density at radius 3 is 1.04 bits per heavy atom. The number of esters is 3. The maximum absolute atomic E-state index is 12.9. The number of aliphatic hydroxyl groups excluding tert-OH is 2. The smallest absolute Gasteiger partial charge is 0.463 e. The van der Waals surface area contributed by atoms with E-state index in [9.17, 15) is 43.5 Å². The number of unbranched alkanes of at least 4 members (excludes halogenated alkanes) is 31. The minimum atomic E-state index is -4.91. The Morgan fingerprint density at radius 1 is 0.354 bits per heavy atom. The van der Waals surface area contributed by atoms with Crippen LogP contribution in [-0.2, 0) is 55.8 Å². The molecule has 79 heavy (non-hydrogen) atoms. The summed E-state index contributed by atoms with van der Waals surface area (Å²) in [6.45, 7) is 2.62. The van der Waals surface area contributed by atoms with E-state index in [0.29, 0.717) is 19.3 Å². The molecule has 0 aromatic heterocycles. The molecule has 464 valence electrons. The molecule has 18 heteroatoms. The fourth-order valence-corrected chi connectivity index (χ4v) is 10.1. The molecule has 0 heterocycles. The minimum Gasteiger partial charge on any atom is -0.463 e. The molecule has 0 bridgehead atoms. The molecule has 0 saturated carbocycles. The normalized spacial score (nSPS) is 14.7. The van der Waals surface area contributed by atoms with Crippen molar-refractivity contribution >= 4 is 33.6 Å². The number of rotatable bonds is 60. The van der Waals surface area contributed by atoms with Crippen molar-refractivity contribution in [1.82, 2.24) is 0 Å². The number of allylic oxidation sites excluding steroid dienone is 6. The number of ether oxygens (including phenoxy) is 3. The van der Waals surface area contributed by atoms with E-state index in [1.807, 2.05) is 0 Å². The second kappa shape index (κ2) is 56.3. The summed E-state index contributed by atoms with van der Waals surface area (Å²) in [6, 6.07) is 0. The van der Waals surface area contributed by atoms with E-state index < -0.39 is 91.5 Å². The molecule has 5 unspecified atom stereocenters. The number of aliphatic hydroxyl groups is 2. The van der Waals surface area contributed by atoms with E-state index in [2.05, 4.69) is 57.2 Å². The Hall–Kier alpha value is -2.23. The highest BCUT2D eigenvalue weighted by atomic mass is 31.2. The monoisotopic (exact) mass is 1160 g/mol. The summed E-state index contributed by atoms with van der Waals surface area (Å²) in [5.74, 6) is -1.58. The van der Waals surface area contributed by atoms with Crippen molar-refractivity contribution in [3.8, 4) is 0 Å². The standard InChI is InChI=1S/C61H114O16P2/c1-4-7-10-13-16-19-22-25-27-30-32-35-38-41-44-47-59(64)71-50-56(62)51-73-78(67,68)74-52-57(63)53-75-79(69,70)76-55-58(77-61(66)49-46-43-40-37-34-29-24-21-18-15-12-9-6-3)54-72-60(65)48-45-42-39-36-33-31-28-26-23-20-17-14-11-8-5-2/h16,19,21,24-25,27,56-58,62-63H,4-15,17-18,20,22-23,26,28-55H2,1-3H3,(H,67,68)(H,69,70)/b19-16-,24-21-,27-25-. The topological polar surface area (TPSA) is 231 Å².